The van der Waals surface area contributed by atoms with Gasteiger partial charge in [0, 0.05) is 41.9 Å². The molecule has 2 aromatic carbocycles. The highest BCUT2D eigenvalue weighted by molar-refractivity contribution is 5.96. The van der Waals surface area contributed by atoms with Gasteiger partial charge in [0.05, 0.1) is 38.4 Å². The van der Waals surface area contributed by atoms with Crippen molar-refractivity contribution >= 4 is 22.7 Å². The predicted molar refractivity (Wildman–Crippen MR) is 189 cm³/mol. The number of nitrogens with zero attached hydrogens (tertiary/aromatic N) is 1. The van der Waals surface area contributed by atoms with Crippen LogP contribution in [0.15, 0.2) is 54.1 Å². The Morgan fingerprint density at radius 2 is 1.94 bits per heavy atom. The molecule has 11 nitrogen and oxygen atoms in total. The van der Waals surface area contributed by atoms with Crippen LogP contribution in [0.4, 0.5) is 0 Å². The molecule has 0 spiro atoms. The lowest BCUT2D eigenvalue weighted by Crippen LogP contribution is -2.57. The largest absolute Gasteiger partial charge is 0.493 e. The number of rotatable bonds is 13. The maximum Gasteiger partial charge on any atom is 0.249 e. The highest BCUT2D eigenvalue weighted by Crippen LogP contribution is 2.51. The Kier molecular flexibility index (Phi) is 11.2. The molecule has 2 heterocycles. The van der Waals surface area contributed by atoms with Crippen molar-refractivity contribution in [3.63, 3.8) is 0 Å². The Morgan fingerprint density at radius 3 is 2.66 bits per heavy atom. The molecule has 6 rings (SSSR count). The van der Waals surface area contributed by atoms with Gasteiger partial charge in [0.1, 0.15) is 18.8 Å². The van der Waals surface area contributed by atoms with E-state index in [0.29, 0.717) is 52.4 Å². The van der Waals surface area contributed by atoms with Crippen LogP contribution in [0, 0.1) is 17.8 Å². The number of aromatic amines is 1. The molecule has 7 unspecified atom stereocenters. The predicted octanol–water partition coefficient (Wildman–Crippen LogP) is 3.84. The number of aliphatic hydroxyl groups is 3. The molecule has 1 aliphatic heterocycles. The van der Waals surface area contributed by atoms with E-state index >= 15 is 0 Å². The number of para-hydroxylation sites is 1. The Balaban J connectivity index is 1.35. The van der Waals surface area contributed by atoms with Crippen molar-refractivity contribution in [1.82, 2.24) is 15.2 Å². The quantitative estimate of drug-likeness (QED) is 0.182. The molecule has 1 aromatic heterocycles. The van der Waals surface area contributed by atoms with Crippen LogP contribution >= 0.6 is 0 Å². The van der Waals surface area contributed by atoms with Crippen molar-refractivity contribution in [3.8, 4) is 11.5 Å². The van der Waals surface area contributed by atoms with Gasteiger partial charge in [-0.2, -0.15) is 0 Å². The lowest BCUT2D eigenvalue weighted by Gasteiger charge is -2.41. The van der Waals surface area contributed by atoms with Crippen molar-refractivity contribution in [2.75, 3.05) is 33.4 Å². The summed E-state index contributed by atoms with van der Waals surface area (Å²) in [6, 6.07) is 12.5. The third-order valence-electron chi connectivity index (χ3n) is 10.8. The van der Waals surface area contributed by atoms with Crippen molar-refractivity contribution < 1.29 is 39.1 Å². The highest BCUT2D eigenvalue weighted by Gasteiger charge is 2.51. The van der Waals surface area contributed by atoms with Crippen LogP contribution in [-0.2, 0) is 27.4 Å². The fraction of sp³-hybridized carbons (Fsp3) is 0.538. The number of hydrogen-bond donors (Lipinski definition) is 5. The van der Waals surface area contributed by atoms with Gasteiger partial charge in [0.15, 0.2) is 11.5 Å². The number of methoxy groups -OCH3 is 1. The number of aliphatic hydroxyl groups excluding tert-OH is 3. The van der Waals surface area contributed by atoms with Gasteiger partial charge in [0.2, 0.25) is 11.8 Å². The number of aromatic nitrogens is 1. The molecule has 3 aliphatic rings. The molecule has 1 fully saturated rings. The maximum atomic E-state index is 14.4. The molecule has 50 heavy (non-hydrogen) atoms. The molecule has 270 valence electrons. The molecular formula is C39H51N3O8. The number of ether oxygens (including phenoxy) is 3. The summed E-state index contributed by atoms with van der Waals surface area (Å²) in [5.74, 6) is 0.612. The number of H-pyrrole nitrogens is 1. The van der Waals surface area contributed by atoms with Crippen molar-refractivity contribution in [3.05, 3.63) is 70.9 Å². The summed E-state index contributed by atoms with van der Waals surface area (Å²) in [6.07, 6.45) is 3.04. The number of carbonyl (C=O) groups excluding carboxylic acids is 2. The number of fused-ring (bicyclic) bond motifs is 4. The van der Waals surface area contributed by atoms with E-state index in [2.05, 4.69) is 37.1 Å². The molecule has 7 atom stereocenters. The van der Waals surface area contributed by atoms with E-state index in [1.165, 1.54) is 7.11 Å². The van der Waals surface area contributed by atoms with Crippen LogP contribution in [0.25, 0.3) is 10.9 Å². The topological polar surface area (TPSA) is 154 Å². The van der Waals surface area contributed by atoms with Crippen LogP contribution in [0.1, 0.15) is 62.8 Å². The third kappa shape index (κ3) is 7.28. The summed E-state index contributed by atoms with van der Waals surface area (Å²) in [6.45, 7) is 6.24. The van der Waals surface area contributed by atoms with E-state index < -0.39 is 30.1 Å². The second-order valence-corrected chi connectivity index (χ2v) is 14.4. The molecule has 11 heteroatoms. The first kappa shape index (κ1) is 35.9. The van der Waals surface area contributed by atoms with Crippen LogP contribution < -0.4 is 14.8 Å². The van der Waals surface area contributed by atoms with Crippen molar-refractivity contribution in [2.45, 2.75) is 83.3 Å². The van der Waals surface area contributed by atoms with E-state index in [4.69, 9.17) is 14.2 Å². The first-order valence-corrected chi connectivity index (χ1v) is 17.9. The first-order chi connectivity index (χ1) is 24.1. The summed E-state index contributed by atoms with van der Waals surface area (Å²) < 4.78 is 18.4. The normalized spacial score (nSPS) is 25.8. The molecule has 2 aliphatic carbocycles. The lowest BCUT2D eigenvalue weighted by atomic mass is 9.75. The van der Waals surface area contributed by atoms with Gasteiger partial charge in [-0.15, -0.1) is 0 Å². The van der Waals surface area contributed by atoms with Gasteiger partial charge in [-0.05, 0) is 71.9 Å². The third-order valence-corrected chi connectivity index (χ3v) is 10.8. The molecular weight excluding hydrogens is 638 g/mol. The average Bonchev–Trinajstić information content (AvgIpc) is 3.72. The Morgan fingerprint density at radius 1 is 1.14 bits per heavy atom. The monoisotopic (exact) mass is 689 g/mol. The van der Waals surface area contributed by atoms with Crippen molar-refractivity contribution in [1.29, 1.82) is 0 Å². The highest BCUT2D eigenvalue weighted by atomic mass is 16.5. The zero-order valence-electron chi connectivity index (χ0n) is 29.4. The molecule has 3 aromatic rings. The fourth-order valence-corrected chi connectivity index (χ4v) is 8.14. The van der Waals surface area contributed by atoms with E-state index in [9.17, 15) is 24.9 Å². The zero-order valence-corrected chi connectivity index (χ0v) is 29.4. The molecule has 1 saturated carbocycles. The Hall–Kier alpha value is -3.90. The molecule has 5 N–H and O–H groups in total. The minimum absolute atomic E-state index is 0.0300. The standard InChI is InChI=1S/C39H51N3O8/c1-22(2)27-10-9-23(3)15-32(27)49-21-34(45)42(13-11-26-18-25-7-5-6-8-30(25)41-26)31-19-29(39(47)40-12-14-43)35-28-16-24(20-44)17-33(48-4)37(28)50-38(35)36(31)46/h5-8,16-19,22-23,27,31-32,35-36,38,41,43-44,46H,9-15,20-21H2,1-4H3,(H,40,47). The lowest BCUT2D eigenvalue weighted by molar-refractivity contribution is -0.147. The fourth-order valence-electron chi connectivity index (χ4n) is 8.14. The van der Waals surface area contributed by atoms with Crippen LogP contribution in [0.3, 0.4) is 0 Å². The van der Waals surface area contributed by atoms with Gasteiger partial charge in [-0.3, -0.25) is 9.59 Å². The van der Waals surface area contributed by atoms with Crippen molar-refractivity contribution in [2.24, 2.45) is 17.8 Å². The average molecular weight is 690 g/mol. The van der Waals surface area contributed by atoms with Crippen LogP contribution in [0.2, 0.25) is 0 Å². The summed E-state index contributed by atoms with van der Waals surface area (Å²) in [5, 5.41) is 35.4. The number of benzene rings is 2. The van der Waals surface area contributed by atoms with Gasteiger partial charge >= 0.3 is 0 Å². The van der Waals surface area contributed by atoms with Gasteiger partial charge in [0.25, 0.3) is 0 Å². The maximum absolute atomic E-state index is 14.4. The minimum Gasteiger partial charge on any atom is -0.493 e. The molecule has 0 radical (unpaired) electrons. The summed E-state index contributed by atoms with van der Waals surface area (Å²) >= 11 is 0. The van der Waals surface area contributed by atoms with Gasteiger partial charge in [-0.1, -0.05) is 45.4 Å². The van der Waals surface area contributed by atoms with Gasteiger partial charge in [-0.25, -0.2) is 0 Å². The summed E-state index contributed by atoms with van der Waals surface area (Å²) in [5.41, 5.74) is 3.41. The summed E-state index contributed by atoms with van der Waals surface area (Å²) in [4.78, 5) is 33.2. The number of amides is 2. The molecule has 0 saturated heterocycles. The van der Waals surface area contributed by atoms with E-state index in [-0.39, 0.29) is 44.9 Å². The molecule has 2 amide bonds. The Bertz CT molecular complexity index is 1670. The molecule has 0 bridgehead atoms. The number of nitrogens with one attached hydrogen (secondary N) is 2. The smallest absolute Gasteiger partial charge is 0.249 e. The minimum atomic E-state index is -1.21. The second-order valence-electron chi connectivity index (χ2n) is 14.4. The van der Waals surface area contributed by atoms with Gasteiger partial charge < -0.3 is 44.7 Å². The van der Waals surface area contributed by atoms with E-state index in [0.717, 1.165) is 35.9 Å². The summed E-state index contributed by atoms with van der Waals surface area (Å²) in [7, 11) is 1.49. The first-order valence-electron chi connectivity index (χ1n) is 17.9. The van der Waals surface area contributed by atoms with E-state index in [1.807, 2.05) is 24.3 Å². The van der Waals surface area contributed by atoms with Crippen LogP contribution in [-0.4, -0.2) is 94.8 Å². The second kappa shape index (κ2) is 15.6. The van der Waals surface area contributed by atoms with E-state index in [1.54, 1.807) is 23.1 Å². The number of carbonyl (C=O) groups is 2. The Labute approximate surface area is 293 Å². The number of hydrogen-bond acceptors (Lipinski definition) is 8. The zero-order chi connectivity index (χ0) is 35.5. The van der Waals surface area contributed by atoms with Crippen LogP contribution in [0.5, 0.6) is 11.5 Å². The SMILES string of the molecule is COc1cc(CO)cc2c1OC1C2C(C(=O)NCCO)=CC(N(CCc2cc3ccccc3[nH]2)C(=O)COC2CC(C)CCC2C(C)C)C1O.